The maximum absolute atomic E-state index is 13.2. The van der Waals surface area contributed by atoms with Gasteiger partial charge in [-0.3, -0.25) is 0 Å². The number of ether oxygens (including phenoxy) is 1. The zero-order valence-corrected chi connectivity index (χ0v) is 8.30. The van der Waals surface area contributed by atoms with Crippen molar-refractivity contribution in [3.05, 3.63) is 23.0 Å². The van der Waals surface area contributed by atoms with Crippen LogP contribution in [0.25, 0.3) is 0 Å². The molecule has 3 heteroatoms. The number of halogens is 1. The number of phenols is 1. The quantitative estimate of drug-likeness (QED) is 0.691. The van der Waals surface area contributed by atoms with Crippen LogP contribution in [0.1, 0.15) is 24.5 Å². The zero-order valence-electron chi connectivity index (χ0n) is 8.30. The van der Waals surface area contributed by atoms with Gasteiger partial charge in [-0.25, -0.2) is 4.39 Å². The molecule has 0 spiro atoms. The van der Waals surface area contributed by atoms with Crippen molar-refractivity contribution >= 4 is 0 Å². The summed E-state index contributed by atoms with van der Waals surface area (Å²) in [7, 11) is 0. The van der Waals surface area contributed by atoms with Gasteiger partial charge >= 0.3 is 0 Å². The number of aromatic hydroxyl groups is 1. The van der Waals surface area contributed by atoms with Gasteiger partial charge in [0.2, 0.25) is 0 Å². The molecule has 0 aromatic heterocycles. The SMILES string of the molecule is Cc1c(O)c(F)cc2c1CCC(C)O2. The number of hydrogen-bond acceptors (Lipinski definition) is 2. The van der Waals surface area contributed by atoms with Gasteiger partial charge in [-0.1, -0.05) is 0 Å². The van der Waals surface area contributed by atoms with Gasteiger partial charge < -0.3 is 9.84 Å². The standard InChI is InChI=1S/C11H13FO2/c1-6-3-4-8-7(2)11(13)9(12)5-10(8)14-6/h5-6,13H,3-4H2,1-2H3. The lowest BCUT2D eigenvalue weighted by Crippen LogP contribution is -2.19. The Morgan fingerprint density at radius 2 is 2.29 bits per heavy atom. The Balaban J connectivity index is 2.54. The highest BCUT2D eigenvalue weighted by Gasteiger charge is 2.21. The highest BCUT2D eigenvalue weighted by Crippen LogP contribution is 2.36. The van der Waals surface area contributed by atoms with Gasteiger partial charge in [-0.2, -0.15) is 0 Å². The summed E-state index contributed by atoms with van der Waals surface area (Å²) < 4.78 is 18.7. The molecule has 2 rings (SSSR count). The first-order valence-electron chi connectivity index (χ1n) is 4.77. The molecular weight excluding hydrogens is 183 g/mol. The maximum atomic E-state index is 13.2. The maximum Gasteiger partial charge on any atom is 0.168 e. The van der Waals surface area contributed by atoms with Crippen LogP contribution in [-0.2, 0) is 6.42 Å². The minimum Gasteiger partial charge on any atom is -0.505 e. The second-order valence-corrected chi connectivity index (χ2v) is 3.78. The Morgan fingerprint density at radius 3 is 3.00 bits per heavy atom. The Bertz CT molecular complexity index is 374. The molecule has 0 bridgehead atoms. The van der Waals surface area contributed by atoms with Crippen molar-refractivity contribution in [1.29, 1.82) is 0 Å². The van der Waals surface area contributed by atoms with Crippen LogP contribution in [0.15, 0.2) is 6.07 Å². The molecule has 76 valence electrons. The van der Waals surface area contributed by atoms with E-state index >= 15 is 0 Å². The average Bonchev–Trinajstić information content (AvgIpc) is 2.14. The smallest absolute Gasteiger partial charge is 0.168 e. The first kappa shape index (κ1) is 9.31. The van der Waals surface area contributed by atoms with E-state index in [2.05, 4.69) is 0 Å². The van der Waals surface area contributed by atoms with Crippen LogP contribution in [0.3, 0.4) is 0 Å². The van der Waals surface area contributed by atoms with Crippen LogP contribution in [0.5, 0.6) is 11.5 Å². The molecule has 1 aliphatic heterocycles. The summed E-state index contributed by atoms with van der Waals surface area (Å²) in [4.78, 5) is 0. The molecule has 14 heavy (non-hydrogen) atoms. The molecule has 1 aromatic carbocycles. The van der Waals surface area contributed by atoms with Crippen molar-refractivity contribution in [2.75, 3.05) is 0 Å². The minimum absolute atomic E-state index is 0.130. The van der Waals surface area contributed by atoms with Crippen molar-refractivity contribution in [2.24, 2.45) is 0 Å². The summed E-state index contributed by atoms with van der Waals surface area (Å²) in [5.74, 6) is -0.270. The van der Waals surface area contributed by atoms with Crippen molar-refractivity contribution in [2.45, 2.75) is 32.8 Å². The topological polar surface area (TPSA) is 29.5 Å². The van der Waals surface area contributed by atoms with E-state index in [1.54, 1.807) is 6.92 Å². The summed E-state index contributed by atoms with van der Waals surface area (Å²) in [5.41, 5.74) is 1.54. The van der Waals surface area contributed by atoms with E-state index in [9.17, 15) is 9.50 Å². The van der Waals surface area contributed by atoms with E-state index < -0.39 is 5.82 Å². The average molecular weight is 196 g/mol. The number of fused-ring (bicyclic) bond motifs is 1. The van der Waals surface area contributed by atoms with E-state index in [0.717, 1.165) is 18.4 Å². The molecule has 0 fully saturated rings. The molecule has 1 N–H and O–H groups in total. The normalized spacial score (nSPS) is 20.1. The third-order valence-corrected chi connectivity index (χ3v) is 2.72. The Kier molecular flexibility index (Phi) is 2.10. The van der Waals surface area contributed by atoms with Gasteiger partial charge in [-0.15, -0.1) is 0 Å². The van der Waals surface area contributed by atoms with Crippen LogP contribution in [0, 0.1) is 12.7 Å². The summed E-state index contributed by atoms with van der Waals surface area (Å²) >= 11 is 0. The fourth-order valence-corrected chi connectivity index (χ4v) is 1.82. The van der Waals surface area contributed by atoms with Gasteiger partial charge in [0.25, 0.3) is 0 Å². The molecule has 0 aliphatic carbocycles. The lowest BCUT2D eigenvalue weighted by molar-refractivity contribution is 0.190. The molecule has 0 radical (unpaired) electrons. The number of rotatable bonds is 0. The Morgan fingerprint density at radius 1 is 1.57 bits per heavy atom. The third-order valence-electron chi connectivity index (χ3n) is 2.72. The zero-order chi connectivity index (χ0) is 10.3. The largest absolute Gasteiger partial charge is 0.505 e. The monoisotopic (exact) mass is 196 g/mol. The Hall–Kier alpha value is -1.25. The lowest BCUT2D eigenvalue weighted by atomic mass is 9.97. The number of phenolic OH excluding ortho intramolecular Hbond substituents is 1. The van der Waals surface area contributed by atoms with Crippen LogP contribution in [-0.4, -0.2) is 11.2 Å². The summed E-state index contributed by atoms with van der Waals surface area (Å²) in [6.45, 7) is 3.68. The fraction of sp³-hybridized carbons (Fsp3) is 0.455. The van der Waals surface area contributed by atoms with E-state index in [0.29, 0.717) is 11.3 Å². The van der Waals surface area contributed by atoms with Crippen LogP contribution in [0.4, 0.5) is 4.39 Å². The molecule has 1 unspecified atom stereocenters. The fourth-order valence-electron chi connectivity index (χ4n) is 1.82. The van der Waals surface area contributed by atoms with E-state index in [4.69, 9.17) is 4.74 Å². The third kappa shape index (κ3) is 1.33. The summed E-state index contributed by atoms with van der Waals surface area (Å²) in [5, 5.41) is 9.40. The van der Waals surface area contributed by atoms with Gasteiger partial charge in [0.05, 0.1) is 6.10 Å². The predicted molar refractivity (Wildman–Crippen MR) is 51.2 cm³/mol. The highest BCUT2D eigenvalue weighted by atomic mass is 19.1. The van der Waals surface area contributed by atoms with Crippen molar-refractivity contribution < 1.29 is 14.2 Å². The van der Waals surface area contributed by atoms with Gasteiger partial charge in [0.15, 0.2) is 11.6 Å². The molecular formula is C11H13FO2. The second kappa shape index (κ2) is 3.15. The lowest BCUT2D eigenvalue weighted by Gasteiger charge is -2.25. The Labute approximate surface area is 82.3 Å². The van der Waals surface area contributed by atoms with Gasteiger partial charge in [-0.05, 0) is 26.7 Å². The van der Waals surface area contributed by atoms with Gasteiger partial charge in [0.1, 0.15) is 5.75 Å². The molecule has 1 aliphatic rings. The molecule has 0 amide bonds. The van der Waals surface area contributed by atoms with Gasteiger partial charge in [0, 0.05) is 17.2 Å². The van der Waals surface area contributed by atoms with E-state index in [-0.39, 0.29) is 11.9 Å². The van der Waals surface area contributed by atoms with Crippen LogP contribution in [0.2, 0.25) is 0 Å². The molecule has 2 nitrogen and oxygen atoms in total. The van der Waals surface area contributed by atoms with Crippen molar-refractivity contribution in [3.8, 4) is 11.5 Å². The first-order chi connectivity index (χ1) is 6.59. The second-order valence-electron chi connectivity index (χ2n) is 3.78. The van der Waals surface area contributed by atoms with E-state index in [1.165, 1.54) is 6.07 Å². The van der Waals surface area contributed by atoms with E-state index in [1.807, 2.05) is 6.92 Å². The van der Waals surface area contributed by atoms with Crippen LogP contribution >= 0.6 is 0 Å². The molecule has 1 heterocycles. The number of hydrogen-bond donors (Lipinski definition) is 1. The van der Waals surface area contributed by atoms with Crippen molar-refractivity contribution in [3.63, 3.8) is 0 Å². The molecule has 1 atom stereocenters. The molecule has 0 saturated heterocycles. The highest BCUT2D eigenvalue weighted by molar-refractivity contribution is 5.49. The van der Waals surface area contributed by atoms with Crippen molar-refractivity contribution in [1.82, 2.24) is 0 Å². The summed E-state index contributed by atoms with van der Waals surface area (Å²) in [6.07, 6.45) is 1.89. The molecule has 0 saturated carbocycles. The first-order valence-corrected chi connectivity index (χ1v) is 4.77. The number of benzene rings is 1. The summed E-state index contributed by atoms with van der Waals surface area (Å²) in [6, 6.07) is 1.27. The van der Waals surface area contributed by atoms with Crippen LogP contribution < -0.4 is 4.74 Å². The minimum atomic E-state index is -0.602. The molecule has 1 aromatic rings. The predicted octanol–water partition coefficient (Wildman–Crippen LogP) is 2.55.